The SMILES string of the molecule is CCCOC(=O)c1ccc(-n2nc3ccc(N)cc3n2)cc1. The second-order valence-electron chi connectivity index (χ2n) is 4.92. The molecule has 0 atom stereocenters. The van der Waals surface area contributed by atoms with E-state index in [0.717, 1.165) is 23.1 Å². The summed E-state index contributed by atoms with van der Waals surface area (Å²) in [5.74, 6) is -0.320. The van der Waals surface area contributed by atoms with Crippen LogP contribution in [-0.4, -0.2) is 27.6 Å². The fourth-order valence-electron chi connectivity index (χ4n) is 2.06. The number of carbonyl (C=O) groups is 1. The fraction of sp³-hybridized carbons (Fsp3) is 0.188. The van der Waals surface area contributed by atoms with E-state index in [1.165, 1.54) is 4.80 Å². The molecule has 1 heterocycles. The second-order valence-corrected chi connectivity index (χ2v) is 4.92. The molecule has 0 aliphatic carbocycles. The van der Waals surface area contributed by atoms with E-state index in [2.05, 4.69) is 10.2 Å². The fourth-order valence-corrected chi connectivity index (χ4v) is 2.06. The molecule has 0 unspecified atom stereocenters. The third kappa shape index (κ3) is 2.76. The van der Waals surface area contributed by atoms with Gasteiger partial charge in [0, 0.05) is 5.69 Å². The topological polar surface area (TPSA) is 83.0 Å². The summed E-state index contributed by atoms with van der Waals surface area (Å²) >= 11 is 0. The Morgan fingerprint density at radius 2 is 1.86 bits per heavy atom. The van der Waals surface area contributed by atoms with Crippen LogP contribution in [0.4, 0.5) is 5.69 Å². The number of fused-ring (bicyclic) bond motifs is 1. The first-order valence-electron chi connectivity index (χ1n) is 7.07. The summed E-state index contributed by atoms with van der Waals surface area (Å²) in [6.45, 7) is 2.38. The molecule has 0 amide bonds. The molecule has 0 bridgehead atoms. The average molecular weight is 296 g/mol. The normalized spacial score (nSPS) is 10.8. The third-order valence-electron chi connectivity index (χ3n) is 3.18. The molecule has 0 aliphatic rings. The molecule has 2 aromatic carbocycles. The van der Waals surface area contributed by atoms with Crippen molar-refractivity contribution < 1.29 is 9.53 Å². The third-order valence-corrected chi connectivity index (χ3v) is 3.18. The van der Waals surface area contributed by atoms with Crippen LogP contribution in [0.1, 0.15) is 23.7 Å². The molecule has 2 N–H and O–H groups in total. The minimum absolute atomic E-state index is 0.320. The van der Waals surface area contributed by atoms with Crippen LogP contribution in [0.15, 0.2) is 42.5 Å². The minimum Gasteiger partial charge on any atom is -0.462 e. The van der Waals surface area contributed by atoms with Crippen molar-refractivity contribution in [3.8, 4) is 5.69 Å². The average Bonchev–Trinajstić information content (AvgIpc) is 2.95. The van der Waals surface area contributed by atoms with Crippen LogP contribution >= 0.6 is 0 Å². The number of anilines is 1. The van der Waals surface area contributed by atoms with Crippen molar-refractivity contribution in [2.45, 2.75) is 13.3 Å². The highest BCUT2D eigenvalue weighted by Gasteiger charge is 2.08. The molecule has 22 heavy (non-hydrogen) atoms. The van der Waals surface area contributed by atoms with Crippen LogP contribution in [0.3, 0.4) is 0 Å². The number of ether oxygens (including phenoxy) is 1. The summed E-state index contributed by atoms with van der Waals surface area (Å²) in [6, 6.07) is 12.4. The van der Waals surface area contributed by atoms with Crippen LogP contribution in [0, 0.1) is 0 Å². The Labute approximate surface area is 127 Å². The van der Waals surface area contributed by atoms with Gasteiger partial charge in [0.05, 0.1) is 17.9 Å². The number of nitrogens with two attached hydrogens (primary N) is 1. The van der Waals surface area contributed by atoms with E-state index in [4.69, 9.17) is 10.5 Å². The van der Waals surface area contributed by atoms with Crippen molar-refractivity contribution in [3.63, 3.8) is 0 Å². The Kier molecular flexibility index (Phi) is 3.74. The standard InChI is InChI=1S/C16H16N4O2/c1-2-9-22-16(21)11-3-6-13(7-4-11)20-18-14-8-5-12(17)10-15(14)19-20/h3-8,10H,2,9,17H2,1H3. The smallest absolute Gasteiger partial charge is 0.338 e. The van der Waals surface area contributed by atoms with E-state index in [1.54, 1.807) is 36.4 Å². The number of esters is 1. The van der Waals surface area contributed by atoms with Gasteiger partial charge >= 0.3 is 5.97 Å². The first-order chi connectivity index (χ1) is 10.7. The Morgan fingerprint density at radius 1 is 1.14 bits per heavy atom. The monoisotopic (exact) mass is 296 g/mol. The Hall–Kier alpha value is -2.89. The molecule has 3 aromatic rings. The van der Waals surface area contributed by atoms with Crippen molar-refractivity contribution in [1.82, 2.24) is 15.0 Å². The van der Waals surface area contributed by atoms with Gasteiger partial charge in [0.1, 0.15) is 11.0 Å². The van der Waals surface area contributed by atoms with Gasteiger partial charge in [-0.15, -0.1) is 10.2 Å². The number of nitrogens with zero attached hydrogens (tertiary/aromatic N) is 3. The lowest BCUT2D eigenvalue weighted by molar-refractivity contribution is 0.0505. The molecule has 0 saturated carbocycles. The highest BCUT2D eigenvalue weighted by atomic mass is 16.5. The Balaban J connectivity index is 1.86. The number of aromatic nitrogens is 3. The van der Waals surface area contributed by atoms with Crippen molar-refractivity contribution in [3.05, 3.63) is 48.0 Å². The lowest BCUT2D eigenvalue weighted by Crippen LogP contribution is -2.06. The minimum atomic E-state index is -0.320. The Morgan fingerprint density at radius 3 is 2.59 bits per heavy atom. The molecular formula is C16H16N4O2. The molecule has 1 aromatic heterocycles. The van der Waals surface area contributed by atoms with Gasteiger partial charge in [0.25, 0.3) is 0 Å². The van der Waals surface area contributed by atoms with Crippen LogP contribution in [0.25, 0.3) is 16.7 Å². The summed E-state index contributed by atoms with van der Waals surface area (Å²) in [6.07, 6.45) is 0.802. The van der Waals surface area contributed by atoms with Gasteiger partial charge in [0.15, 0.2) is 0 Å². The maximum absolute atomic E-state index is 11.8. The first-order valence-corrected chi connectivity index (χ1v) is 7.07. The molecule has 0 fully saturated rings. The van der Waals surface area contributed by atoms with Crippen LogP contribution in [-0.2, 0) is 4.74 Å². The zero-order chi connectivity index (χ0) is 15.5. The van der Waals surface area contributed by atoms with E-state index in [0.29, 0.717) is 17.9 Å². The van der Waals surface area contributed by atoms with Gasteiger partial charge < -0.3 is 10.5 Å². The second kappa shape index (κ2) is 5.85. The highest BCUT2D eigenvalue weighted by molar-refractivity contribution is 5.89. The number of hydrogen-bond donors (Lipinski definition) is 1. The molecule has 3 rings (SSSR count). The molecule has 0 radical (unpaired) electrons. The molecule has 6 heteroatoms. The molecule has 0 saturated heterocycles. The molecule has 0 aliphatic heterocycles. The van der Waals surface area contributed by atoms with Gasteiger partial charge in [-0.05, 0) is 48.9 Å². The zero-order valence-corrected chi connectivity index (χ0v) is 12.2. The first kappa shape index (κ1) is 14.1. The molecule has 6 nitrogen and oxygen atoms in total. The van der Waals surface area contributed by atoms with Gasteiger partial charge in [-0.25, -0.2) is 4.79 Å². The quantitative estimate of drug-likeness (QED) is 0.591. The number of carbonyl (C=O) groups excluding carboxylic acids is 1. The number of hydrogen-bond acceptors (Lipinski definition) is 5. The largest absolute Gasteiger partial charge is 0.462 e. The highest BCUT2D eigenvalue weighted by Crippen LogP contribution is 2.16. The number of rotatable bonds is 4. The summed E-state index contributed by atoms with van der Waals surface area (Å²) in [5, 5.41) is 8.76. The number of nitrogen functional groups attached to an aromatic ring is 1. The summed E-state index contributed by atoms with van der Waals surface area (Å²) in [5.41, 5.74) is 9.15. The van der Waals surface area contributed by atoms with Crippen LogP contribution in [0.5, 0.6) is 0 Å². The maximum atomic E-state index is 11.8. The van der Waals surface area contributed by atoms with E-state index >= 15 is 0 Å². The van der Waals surface area contributed by atoms with E-state index < -0.39 is 0 Å². The van der Waals surface area contributed by atoms with Gasteiger partial charge in [-0.1, -0.05) is 6.92 Å². The van der Waals surface area contributed by atoms with Crippen LogP contribution < -0.4 is 5.73 Å². The van der Waals surface area contributed by atoms with Crippen molar-refractivity contribution in [2.24, 2.45) is 0 Å². The molecular weight excluding hydrogens is 280 g/mol. The zero-order valence-electron chi connectivity index (χ0n) is 12.2. The predicted octanol–water partition coefficient (Wildman–Crippen LogP) is 2.57. The molecule has 112 valence electrons. The maximum Gasteiger partial charge on any atom is 0.338 e. The lowest BCUT2D eigenvalue weighted by Gasteiger charge is -2.04. The van der Waals surface area contributed by atoms with Crippen molar-refractivity contribution in [1.29, 1.82) is 0 Å². The summed E-state index contributed by atoms with van der Waals surface area (Å²) in [4.78, 5) is 13.3. The summed E-state index contributed by atoms with van der Waals surface area (Å²) < 4.78 is 5.09. The van der Waals surface area contributed by atoms with E-state index in [9.17, 15) is 4.79 Å². The number of benzene rings is 2. The van der Waals surface area contributed by atoms with Gasteiger partial charge in [-0.2, -0.15) is 4.80 Å². The predicted molar refractivity (Wildman–Crippen MR) is 83.9 cm³/mol. The van der Waals surface area contributed by atoms with Crippen molar-refractivity contribution >= 4 is 22.7 Å². The van der Waals surface area contributed by atoms with E-state index in [1.807, 2.05) is 13.0 Å². The van der Waals surface area contributed by atoms with Crippen LogP contribution in [0.2, 0.25) is 0 Å². The van der Waals surface area contributed by atoms with Crippen molar-refractivity contribution in [2.75, 3.05) is 12.3 Å². The molecule has 0 spiro atoms. The van der Waals surface area contributed by atoms with Gasteiger partial charge in [0.2, 0.25) is 0 Å². The lowest BCUT2D eigenvalue weighted by atomic mass is 10.2. The summed E-state index contributed by atoms with van der Waals surface area (Å²) in [7, 11) is 0. The van der Waals surface area contributed by atoms with E-state index in [-0.39, 0.29) is 5.97 Å². The Bertz CT molecular complexity index is 809. The van der Waals surface area contributed by atoms with Gasteiger partial charge in [-0.3, -0.25) is 0 Å².